The van der Waals surface area contributed by atoms with Crippen LogP contribution in [-0.4, -0.2) is 44.2 Å². The van der Waals surface area contributed by atoms with Crippen molar-refractivity contribution in [1.29, 1.82) is 0 Å². The maximum absolute atomic E-state index is 11.1. The Morgan fingerprint density at radius 1 is 1.30 bits per heavy atom. The summed E-state index contributed by atoms with van der Waals surface area (Å²) in [5.41, 5.74) is 8.40. The molecule has 3 atom stereocenters. The monoisotopic (exact) mass is 497 g/mol. The van der Waals surface area contributed by atoms with Crippen LogP contribution < -0.4 is 5.32 Å². The predicted octanol–water partition coefficient (Wildman–Crippen LogP) is 4.42. The summed E-state index contributed by atoms with van der Waals surface area (Å²) in [6.45, 7) is 7.84. The molecule has 5 rings (SSSR count). The number of carboxylic acid groups (broad SMARTS) is 1. The molecule has 9 heteroatoms. The van der Waals surface area contributed by atoms with E-state index in [1.165, 1.54) is 38.2 Å². The molecule has 0 saturated heterocycles. The Hall–Kier alpha value is -4.14. The summed E-state index contributed by atoms with van der Waals surface area (Å²) >= 11 is 0. The standard InChI is InChI=1S/C28H31N7O2/c1-16-12-19(27-32-34-35(4)33-27)13-17(2)26(16)22-7-5-6-21-20(22)8-9-24(21)31-25(15-29-3)30-11-10-18-14-23(18)28(36)37/h5-7,11-13,15,18,23-24,31H,3,8-10,14H2,1-2,4H3,(H,36,37)/b25-15+,30-11?/t18?,23-,24-/m1/s1. The van der Waals surface area contributed by atoms with Crippen LogP contribution in [0.3, 0.4) is 0 Å². The van der Waals surface area contributed by atoms with Crippen LogP contribution >= 0.6 is 0 Å². The topological polar surface area (TPSA) is 118 Å². The van der Waals surface area contributed by atoms with E-state index in [-0.39, 0.29) is 17.9 Å². The van der Waals surface area contributed by atoms with Gasteiger partial charge in [-0.15, -0.1) is 10.2 Å². The number of rotatable bonds is 9. The highest BCUT2D eigenvalue weighted by molar-refractivity contribution is 5.78. The molecule has 0 bridgehead atoms. The number of aromatic nitrogens is 4. The summed E-state index contributed by atoms with van der Waals surface area (Å²) in [4.78, 5) is 21.0. The van der Waals surface area contributed by atoms with E-state index in [0.29, 0.717) is 18.1 Å². The van der Waals surface area contributed by atoms with Gasteiger partial charge in [-0.1, -0.05) is 18.2 Å². The molecular weight excluding hydrogens is 466 g/mol. The maximum atomic E-state index is 11.1. The number of hydrogen-bond donors (Lipinski definition) is 2. The van der Waals surface area contributed by atoms with Crippen molar-refractivity contribution >= 4 is 18.9 Å². The number of hydrogen-bond acceptors (Lipinski definition) is 7. The van der Waals surface area contributed by atoms with Crippen molar-refractivity contribution in [3.63, 3.8) is 0 Å². The van der Waals surface area contributed by atoms with Crippen molar-refractivity contribution in [2.75, 3.05) is 0 Å². The second-order valence-electron chi connectivity index (χ2n) is 9.88. The highest BCUT2D eigenvalue weighted by Gasteiger charge is 2.42. The normalized spacial score (nSPS) is 20.7. The minimum atomic E-state index is -0.719. The van der Waals surface area contributed by atoms with Gasteiger partial charge in [0.2, 0.25) is 5.82 Å². The summed E-state index contributed by atoms with van der Waals surface area (Å²) in [5, 5.41) is 25.1. The Balaban J connectivity index is 1.37. The van der Waals surface area contributed by atoms with Crippen molar-refractivity contribution in [1.82, 2.24) is 25.5 Å². The summed E-state index contributed by atoms with van der Waals surface area (Å²) in [7, 11) is 1.77. The smallest absolute Gasteiger partial charge is 0.306 e. The number of carboxylic acids is 1. The highest BCUT2D eigenvalue weighted by Crippen LogP contribution is 2.42. The first-order valence-corrected chi connectivity index (χ1v) is 12.5. The van der Waals surface area contributed by atoms with E-state index in [0.717, 1.165) is 24.8 Å². The maximum Gasteiger partial charge on any atom is 0.306 e. The SMILES string of the molecule is C=N/C=C(\N=CCC1C[C@H]1C(=O)O)N[C@@H]1CCc2c(-c3c(C)cc(-c4nnn(C)n4)cc3C)cccc21. The molecule has 1 heterocycles. The fourth-order valence-corrected chi connectivity index (χ4v) is 5.43. The van der Waals surface area contributed by atoms with Gasteiger partial charge in [0, 0.05) is 11.8 Å². The van der Waals surface area contributed by atoms with Crippen molar-refractivity contribution in [3.05, 3.63) is 64.6 Å². The zero-order chi connectivity index (χ0) is 26.1. The molecular formula is C28H31N7O2. The van der Waals surface area contributed by atoms with Gasteiger partial charge in [0.15, 0.2) is 0 Å². The molecule has 2 aliphatic rings. The first-order valence-electron chi connectivity index (χ1n) is 12.5. The minimum Gasteiger partial charge on any atom is -0.481 e. The van der Waals surface area contributed by atoms with Crippen molar-refractivity contribution in [3.8, 4) is 22.5 Å². The van der Waals surface area contributed by atoms with Crippen molar-refractivity contribution in [2.24, 2.45) is 28.9 Å². The second kappa shape index (κ2) is 10.1. The van der Waals surface area contributed by atoms with Gasteiger partial charge < -0.3 is 10.4 Å². The van der Waals surface area contributed by atoms with E-state index in [9.17, 15) is 4.79 Å². The van der Waals surface area contributed by atoms with Crippen molar-refractivity contribution < 1.29 is 9.90 Å². The summed E-state index contributed by atoms with van der Waals surface area (Å²) < 4.78 is 0. The first kappa shape index (κ1) is 24.5. The molecule has 2 aromatic carbocycles. The summed E-state index contributed by atoms with van der Waals surface area (Å²) in [6.07, 6.45) is 6.69. The van der Waals surface area contributed by atoms with Crippen LogP contribution in [0.4, 0.5) is 0 Å². The van der Waals surface area contributed by atoms with Gasteiger partial charge in [-0.3, -0.25) is 9.79 Å². The van der Waals surface area contributed by atoms with E-state index in [1.54, 1.807) is 19.5 Å². The average molecular weight is 498 g/mol. The number of benzene rings is 2. The molecule has 1 unspecified atom stereocenters. The summed E-state index contributed by atoms with van der Waals surface area (Å²) in [6, 6.07) is 10.9. The van der Waals surface area contributed by atoms with Crippen molar-refractivity contribution in [2.45, 2.75) is 45.6 Å². The molecule has 1 saturated carbocycles. The first-order chi connectivity index (χ1) is 17.9. The Morgan fingerprint density at radius 2 is 2.08 bits per heavy atom. The molecule has 9 nitrogen and oxygen atoms in total. The van der Waals surface area contributed by atoms with Crippen LogP contribution in [0.15, 0.2) is 52.3 Å². The van der Waals surface area contributed by atoms with E-state index >= 15 is 0 Å². The third-order valence-corrected chi connectivity index (χ3v) is 7.25. The molecule has 1 fully saturated rings. The third-order valence-electron chi connectivity index (χ3n) is 7.25. The lowest BCUT2D eigenvalue weighted by Crippen LogP contribution is -2.17. The molecule has 0 spiro atoms. The zero-order valence-corrected chi connectivity index (χ0v) is 21.3. The van der Waals surface area contributed by atoms with Crippen LogP contribution in [0.2, 0.25) is 0 Å². The zero-order valence-electron chi connectivity index (χ0n) is 21.3. The average Bonchev–Trinajstić information content (AvgIpc) is 3.32. The number of nitrogens with one attached hydrogen (secondary N) is 1. The molecule has 0 aliphatic heterocycles. The van der Waals surface area contributed by atoms with Crippen LogP contribution in [0, 0.1) is 25.7 Å². The lowest BCUT2D eigenvalue weighted by atomic mass is 9.89. The van der Waals surface area contributed by atoms with Gasteiger partial charge in [0.25, 0.3) is 0 Å². The lowest BCUT2D eigenvalue weighted by molar-refractivity contribution is -0.138. The summed E-state index contributed by atoms with van der Waals surface area (Å²) in [5.74, 6) is 0.487. The van der Waals surface area contributed by atoms with E-state index < -0.39 is 5.97 Å². The highest BCUT2D eigenvalue weighted by atomic mass is 16.4. The molecule has 1 aromatic heterocycles. The number of carbonyl (C=O) groups is 1. The largest absolute Gasteiger partial charge is 0.481 e. The predicted molar refractivity (Wildman–Crippen MR) is 143 cm³/mol. The van der Waals surface area contributed by atoms with Gasteiger partial charge in [0.05, 0.1) is 25.2 Å². The number of aliphatic carboxylic acids is 1. The fraction of sp³-hybridized carbons (Fsp3) is 0.357. The Bertz CT molecular complexity index is 1400. The number of tetrazole rings is 1. The fourth-order valence-electron chi connectivity index (χ4n) is 5.43. The Labute approximate surface area is 216 Å². The Kier molecular flexibility index (Phi) is 6.69. The number of fused-ring (bicyclic) bond motifs is 1. The van der Waals surface area contributed by atoms with E-state index in [1.807, 2.05) is 0 Å². The molecule has 2 aliphatic carbocycles. The van der Waals surface area contributed by atoms with Crippen LogP contribution in [-0.2, 0) is 18.3 Å². The number of nitrogens with zero attached hydrogens (tertiary/aromatic N) is 6. The quantitative estimate of drug-likeness (QED) is 0.423. The van der Waals surface area contributed by atoms with Crippen LogP contribution in [0.25, 0.3) is 22.5 Å². The Morgan fingerprint density at radius 3 is 2.73 bits per heavy atom. The molecule has 37 heavy (non-hydrogen) atoms. The minimum absolute atomic E-state index is 0.108. The van der Waals surface area contributed by atoms with Crippen LogP contribution in [0.1, 0.15) is 47.6 Å². The van der Waals surface area contributed by atoms with E-state index in [4.69, 9.17) is 5.11 Å². The molecule has 0 amide bonds. The van der Waals surface area contributed by atoms with E-state index in [2.05, 4.69) is 81.6 Å². The molecule has 190 valence electrons. The molecule has 3 aromatic rings. The number of aryl methyl sites for hydroxylation is 3. The molecule has 0 radical (unpaired) electrons. The number of aliphatic imine (C=N–C) groups is 2. The van der Waals surface area contributed by atoms with Crippen LogP contribution in [0.5, 0.6) is 0 Å². The third kappa shape index (κ3) is 5.07. The molecule has 2 N–H and O–H groups in total. The van der Waals surface area contributed by atoms with Gasteiger partial charge in [-0.2, -0.15) is 4.80 Å². The van der Waals surface area contributed by atoms with Gasteiger partial charge in [0.1, 0.15) is 5.82 Å². The van der Waals surface area contributed by atoms with Gasteiger partial charge in [-0.25, -0.2) is 4.99 Å². The van der Waals surface area contributed by atoms with Gasteiger partial charge in [-0.05, 0) is 103 Å². The lowest BCUT2D eigenvalue weighted by Gasteiger charge is -2.18. The van der Waals surface area contributed by atoms with Gasteiger partial charge >= 0.3 is 5.97 Å². The second-order valence-corrected chi connectivity index (χ2v) is 9.88.